The highest BCUT2D eigenvalue weighted by molar-refractivity contribution is 6.04. The first-order valence-corrected chi connectivity index (χ1v) is 16.0. The largest absolute Gasteiger partial charge is 0.416 e. The smallest absolute Gasteiger partial charge is 0.357 e. The second-order valence-corrected chi connectivity index (χ2v) is 12.3. The van der Waals surface area contributed by atoms with Crippen LogP contribution in [-0.2, 0) is 26.2 Å². The van der Waals surface area contributed by atoms with E-state index in [1.54, 1.807) is 37.5 Å². The van der Waals surface area contributed by atoms with Crippen LogP contribution in [0.2, 0.25) is 0 Å². The Balaban J connectivity index is 1.26. The molecule has 49 heavy (non-hydrogen) atoms. The van der Waals surface area contributed by atoms with E-state index in [1.807, 2.05) is 30.5 Å². The minimum atomic E-state index is -4.58. The number of alkyl halides is 3. The van der Waals surface area contributed by atoms with Gasteiger partial charge in [0, 0.05) is 88.5 Å². The molecule has 1 fully saturated rings. The highest BCUT2D eigenvalue weighted by atomic mass is 19.4. The Labute approximate surface area is 282 Å². The summed E-state index contributed by atoms with van der Waals surface area (Å²) < 4.78 is 44.3. The Hall–Kier alpha value is -5.19. The Morgan fingerprint density at radius 2 is 1.78 bits per heavy atom. The second-order valence-electron chi connectivity index (χ2n) is 12.3. The molecule has 0 saturated carbocycles. The zero-order chi connectivity index (χ0) is 34.9. The van der Waals surface area contributed by atoms with Crippen LogP contribution >= 0.6 is 0 Å². The molecule has 0 spiro atoms. The molecule has 0 atom stereocenters. The summed E-state index contributed by atoms with van der Waals surface area (Å²) in [5.41, 5.74) is 4.33. The van der Waals surface area contributed by atoms with Crippen LogP contribution in [0.15, 0.2) is 48.7 Å². The molecule has 13 heteroatoms. The van der Waals surface area contributed by atoms with E-state index in [4.69, 9.17) is 0 Å². The number of hydrogen-bond acceptors (Lipinski definition) is 7. The number of aryl methyl sites for hydroxylation is 1. The van der Waals surface area contributed by atoms with Crippen molar-refractivity contribution in [1.82, 2.24) is 29.7 Å². The average Bonchev–Trinajstić information content (AvgIpc) is 3.42. The van der Waals surface area contributed by atoms with Crippen LogP contribution < -0.4 is 16.0 Å². The van der Waals surface area contributed by atoms with Crippen molar-refractivity contribution < 1.29 is 22.8 Å². The number of nitrogens with one attached hydrogen (secondary N) is 3. The molecule has 4 aromatic rings. The van der Waals surface area contributed by atoms with Gasteiger partial charge in [-0.1, -0.05) is 24.0 Å². The lowest BCUT2D eigenvalue weighted by atomic mass is 10.0. The summed E-state index contributed by atoms with van der Waals surface area (Å²) in [6.07, 6.45) is -2.28. The molecule has 4 heterocycles. The molecule has 1 saturated heterocycles. The lowest BCUT2D eigenvalue weighted by molar-refractivity contribution is -0.138. The number of carbonyl (C=O) groups excluding carboxylic acids is 2. The van der Waals surface area contributed by atoms with Crippen LogP contribution in [-0.4, -0.2) is 83.0 Å². The predicted molar refractivity (Wildman–Crippen MR) is 181 cm³/mol. The van der Waals surface area contributed by atoms with E-state index in [2.05, 4.69) is 42.7 Å². The van der Waals surface area contributed by atoms with Gasteiger partial charge in [0.15, 0.2) is 0 Å². The summed E-state index contributed by atoms with van der Waals surface area (Å²) in [5, 5.41) is 8.44. The molecule has 0 radical (unpaired) electrons. The molecule has 0 aliphatic carbocycles. The first-order valence-electron chi connectivity index (χ1n) is 16.0. The molecular formula is C36H37F3N8O2. The van der Waals surface area contributed by atoms with Gasteiger partial charge in [-0.3, -0.25) is 14.5 Å². The number of hydrogen-bond donors (Lipinski definition) is 3. The van der Waals surface area contributed by atoms with Crippen LogP contribution in [0.25, 0.3) is 11.4 Å². The lowest BCUT2D eigenvalue weighted by Gasteiger charge is -2.33. The summed E-state index contributed by atoms with van der Waals surface area (Å²) in [6.45, 7) is 5.56. The Morgan fingerprint density at radius 3 is 2.49 bits per heavy atom. The Morgan fingerprint density at radius 1 is 1.02 bits per heavy atom. The quantitative estimate of drug-likeness (QED) is 0.259. The van der Waals surface area contributed by atoms with Gasteiger partial charge in [-0.2, -0.15) is 13.2 Å². The third-order valence-corrected chi connectivity index (χ3v) is 9.00. The third-order valence-electron chi connectivity index (χ3n) is 9.00. The maximum absolute atomic E-state index is 14.1. The molecule has 10 nitrogen and oxygen atoms in total. The van der Waals surface area contributed by atoms with Crippen molar-refractivity contribution in [1.29, 1.82) is 0 Å². The number of anilines is 2. The number of aromatic nitrogens is 3. The van der Waals surface area contributed by atoms with Crippen LogP contribution in [0.3, 0.4) is 0 Å². The summed E-state index contributed by atoms with van der Waals surface area (Å²) in [6, 6.07) is 10.7. The fourth-order valence-corrected chi connectivity index (χ4v) is 6.09. The predicted octanol–water partition coefficient (Wildman–Crippen LogP) is 4.54. The van der Waals surface area contributed by atoms with Crippen LogP contribution in [0.5, 0.6) is 0 Å². The molecule has 6 rings (SSSR count). The summed E-state index contributed by atoms with van der Waals surface area (Å²) in [7, 11) is 5.59. The van der Waals surface area contributed by atoms with E-state index in [1.165, 1.54) is 12.1 Å². The van der Waals surface area contributed by atoms with E-state index in [0.29, 0.717) is 60.1 Å². The summed E-state index contributed by atoms with van der Waals surface area (Å²) in [5.74, 6) is 5.96. The number of nitrogens with zero attached hydrogens (tertiary/aromatic N) is 5. The van der Waals surface area contributed by atoms with Crippen molar-refractivity contribution in [2.75, 3.05) is 57.5 Å². The monoisotopic (exact) mass is 670 g/mol. The van der Waals surface area contributed by atoms with E-state index in [9.17, 15) is 22.8 Å². The maximum Gasteiger partial charge on any atom is 0.416 e. The van der Waals surface area contributed by atoms with Crippen molar-refractivity contribution in [3.8, 4) is 23.2 Å². The molecule has 3 N–H and O–H groups in total. The summed E-state index contributed by atoms with van der Waals surface area (Å²) >= 11 is 0. The van der Waals surface area contributed by atoms with Crippen LogP contribution in [0.4, 0.5) is 24.8 Å². The number of benzene rings is 2. The van der Waals surface area contributed by atoms with E-state index >= 15 is 0 Å². The van der Waals surface area contributed by atoms with Gasteiger partial charge in [0.25, 0.3) is 11.8 Å². The number of amides is 2. The first kappa shape index (κ1) is 33.7. The second kappa shape index (κ2) is 13.7. The molecule has 2 aliphatic rings. The number of likely N-dealkylation sites (N-methyl/N-ethyl adjacent to an activating group) is 1. The van der Waals surface area contributed by atoms with Gasteiger partial charge in [-0.15, -0.1) is 0 Å². The maximum atomic E-state index is 14.1. The van der Waals surface area contributed by atoms with Gasteiger partial charge in [-0.05, 0) is 55.4 Å². The van der Waals surface area contributed by atoms with Crippen molar-refractivity contribution in [3.63, 3.8) is 0 Å². The number of fused-ring (bicyclic) bond motifs is 1. The zero-order valence-corrected chi connectivity index (χ0v) is 27.8. The minimum Gasteiger partial charge on any atom is -0.357 e. The van der Waals surface area contributed by atoms with E-state index in [0.717, 1.165) is 30.4 Å². The summed E-state index contributed by atoms with van der Waals surface area (Å²) in [4.78, 5) is 39.0. The number of rotatable bonds is 6. The molecule has 0 unspecified atom stereocenters. The van der Waals surface area contributed by atoms with Crippen LogP contribution in [0.1, 0.15) is 54.2 Å². The SMILES string of the molecule is CNc1ncc(C#Cc2cc(C(=O)Nc3ccc(CN4CCN(C)CC4)c(C(F)(F)F)c3)ccc2C)c(-c2cc3c(n2C)CCNC3=O)n1. The lowest BCUT2D eigenvalue weighted by Crippen LogP contribution is -2.44. The average molecular weight is 671 g/mol. The number of piperazine rings is 1. The zero-order valence-electron chi connectivity index (χ0n) is 27.8. The fraction of sp³-hybridized carbons (Fsp3) is 0.333. The van der Waals surface area contributed by atoms with Crippen molar-refractivity contribution in [3.05, 3.63) is 93.3 Å². The highest BCUT2D eigenvalue weighted by Gasteiger charge is 2.34. The van der Waals surface area contributed by atoms with E-state index in [-0.39, 0.29) is 29.3 Å². The third kappa shape index (κ3) is 7.30. The van der Waals surface area contributed by atoms with Gasteiger partial charge < -0.3 is 25.4 Å². The number of carbonyl (C=O) groups is 2. The molecule has 254 valence electrons. The van der Waals surface area contributed by atoms with Gasteiger partial charge in [0.1, 0.15) is 5.69 Å². The molecule has 2 aromatic heterocycles. The van der Waals surface area contributed by atoms with Crippen molar-refractivity contribution >= 4 is 23.5 Å². The minimum absolute atomic E-state index is 0.0537. The first-order chi connectivity index (χ1) is 23.4. The van der Waals surface area contributed by atoms with Crippen LogP contribution in [0, 0.1) is 18.8 Å². The van der Waals surface area contributed by atoms with E-state index < -0.39 is 17.6 Å². The van der Waals surface area contributed by atoms with Gasteiger partial charge >= 0.3 is 6.18 Å². The Bertz CT molecular complexity index is 1980. The fourth-order valence-electron chi connectivity index (χ4n) is 6.09. The van der Waals surface area contributed by atoms with Gasteiger partial charge in [-0.25, -0.2) is 9.97 Å². The topological polar surface area (TPSA) is 107 Å². The normalized spacial score (nSPS) is 15.2. The standard InChI is InChI=1S/C36H37F3N8O2/c1-22-5-6-24(33(48)43-27-10-9-26(29(18-27)36(37,38)39)21-47-15-13-45(3)14-16-47)17-23(22)7-8-25-20-42-35(40-2)44-32(25)31-19-28-30(46(31)4)11-12-41-34(28)49/h5-6,9-10,17-20H,11-16,21H2,1-4H3,(H,41,49)(H,43,48)(H,40,42,44). The molecular weight excluding hydrogens is 633 g/mol. The highest BCUT2D eigenvalue weighted by Crippen LogP contribution is 2.35. The molecule has 2 aromatic carbocycles. The van der Waals surface area contributed by atoms with Crippen molar-refractivity contribution in [2.24, 2.45) is 7.05 Å². The van der Waals surface area contributed by atoms with Gasteiger partial charge in [0.05, 0.1) is 22.4 Å². The Kier molecular flexibility index (Phi) is 9.45. The molecule has 2 aliphatic heterocycles. The molecule has 0 bridgehead atoms. The van der Waals surface area contributed by atoms with Gasteiger partial charge in [0.2, 0.25) is 5.95 Å². The number of halogens is 3. The van der Waals surface area contributed by atoms with Crippen molar-refractivity contribution in [2.45, 2.75) is 26.1 Å². The molecule has 2 amide bonds.